The quantitative estimate of drug-likeness (QED) is 0.784. The zero-order valence-corrected chi connectivity index (χ0v) is 15.1. The summed E-state index contributed by atoms with van der Waals surface area (Å²) in [5, 5.41) is 22.2. The van der Waals surface area contributed by atoms with Crippen molar-refractivity contribution in [2.75, 3.05) is 32.7 Å². The van der Waals surface area contributed by atoms with E-state index < -0.39 is 5.60 Å². The van der Waals surface area contributed by atoms with Gasteiger partial charge in [0.2, 0.25) is 0 Å². The van der Waals surface area contributed by atoms with Crippen LogP contribution in [0.4, 0.5) is 0 Å². The van der Waals surface area contributed by atoms with Gasteiger partial charge in [-0.2, -0.15) is 5.10 Å². The predicted octanol–water partition coefficient (Wildman–Crippen LogP) is 2.63. The van der Waals surface area contributed by atoms with Gasteiger partial charge in [-0.15, -0.1) is 0 Å². The van der Waals surface area contributed by atoms with Crippen LogP contribution >= 0.6 is 11.6 Å². The summed E-state index contributed by atoms with van der Waals surface area (Å²) in [7, 11) is 0. The molecule has 1 aromatic carbocycles. The number of piperidine rings is 1. The first kappa shape index (κ1) is 17.0. The van der Waals surface area contributed by atoms with Crippen molar-refractivity contribution in [3.05, 3.63) is 41.0 Å². The van der Waals surface area contributed by atoms with Crippen LogP contribution in [0.3, 0.4) is 0 Å². The summed E-state index contributed by atoms with van der Waals surface area (Å²) >= 11 is 6.28. The Morgan fingerprint density at radius 1 is 1.28 bits per heavy atom. The lowest BCUT2D eigenvalue weighted by molar-refractivity contribution is 0.0137. The maximum atomic E-state index is 10.5. The van der Waals surface area contributed by atoms with Gasteiger partial charge in [0.1, 0.15) is 0 Å². The molecule has 5 nitrogen and oxygen atoms in total. The molecule has 1 aromatic heterocycles. The van der Waals surface area contributed by atoms with E-state index in [9.17, 15) is 5.11 Å². The molecule has 3 N–H and O–H groups in total. The molecular formula is C19H25ClN4O. The maximum Gasteiger partial charge on any atom is 0.0938 e. The zero-order valence-electron chi connectivity index (χ0n) is 14.3. The summed E-state index contributed by atoms with van der Waals surface area (Å²) in [4.78, 5) is 2.40. The SMILES string of the molecule is OC1(CN2CCC(c3cc(-c4ccccc4Cl)n[nH]3)CC2)CCNC1. The summed E-state index contributed by atoms with van der Waals surface area (Å²) in [6.07, 6.45) is 3.04. The van der Waals surface area contributed by atoms with Crippen molar-refractivity contribution in [3.8, 4) is 11.3 Å². The van der Waals surface area contributed by atoms with Gasteiger partial charge in [0.05, 0.1) is 16.3 Å². The molecule has 3 heterocycles. The number of nitrogens with one attached hydrogen (secondary N) is 2. The second kappa shape index (κ2) is 7.08. The normalized spacial score (nSPS) is 25.5. The molecule has 6 heteroatoms. The number of aromatic amines is 1. The number of halogens is 1. The molecule has 0 spiro atoms. The van der Waals surface area contributed by atoms with Gasteiger partial charge >= 0.3 is 0 Å². The van der Waals surface area contributed by atoms with Crippen LogP contribution in [0.1, 0.15) is 30.9 Å². The second-order valence-corrected chi connectivity index (χ2v) is 7.80. The Morgan fingerprint density at radius 2 is 2.08 bits per heavy atom. The largest absolute Gasteiger partial charge is 0.387 e. The van der Waals surface area contributed by atoms with Crippen molar-refractivity contribution < 1.29 is 5.11 Å². The van der Waals surface area contributed by atoms with Crippen molar-refractivity contribution in [1.29, 1.82) is 0 Å². The number of aliphatic hydroxyl groups is 1. The Labute approximate surface area is 153 Å². The van der Waals surface area contributed by atoms with Crippen LogP contribution < -0.4 is 5.32 Å². The molecular weight excluding hydrogens is 336 g/mol. The Kier molecular flexibility index (Phi) is 4.82. The van der Waals surface area contributed by atoms with E-state index in [0.717, 1.165) is 61.7 Å². The molecule has 134 valence electrons. The molecule has 2 aliphatic heterocycles. The molecule has 1 unspecified atom stereocenters. The van der Waals surface area contributed by atoms with Gasteiger partial charge in [0.15, 0.2) is 0 Å². The van der Waals surface area contributed by atoms with E-state index in [0.29, 0.717) is 12.5 Å². The summed E-state index contributed by atoms with van der Waals surface area (Å²) in [5.74, 6) is 0.497. The van der Waals surface area contributed by atoms with E-state index in [1.807, 2.05) is 24.3 Å². The van der Waals surface area contributed by atoms with Crippen LogP contribution in [0.15, 0.2) is 30.3 Å². The van der Waals surface area contributed by atoms with E-state index in [-0.39, 0.29) is 0 Å². The molecule has 25 heavy (non-hydrogen) atoms. The van der Waals surface area contributed by atoms with E-state index >= 15 is 0 Å². The minimum Gasteiger partial charge on any atom is -0.387 e. The molecule has 2 aromatic rings. The van der Waals surface area contributed by atoms with E-state index in [1.165, 1.54) is 5.69 Å². The van der Waals surface area contributed by atoms with Crippen molar-refractivity contribution in [3.63, 3.8) is 0 Å². The van der Waals surface area contributed by atoms with Crippen LogP contribution in [0.25, 0.3) is 11.3 Å². The van der Waals surface area contributed by atoms with Gasteiger partial charge in [-0.25, -0.2) is 0 Å². The van der Waals surface area contributed by atoms with Gasteiger partial charge in [-0.1, -0.05) is 29.8 Å². The van der Waals surface area contributed by atoms with Crippen LogP contribution in [0, 0.1) is 0 Å². The Hall–Kier alpha value is -1.40. The minimum atomic E-state index is -0.544. The fraction of sp³-hybridized carbons (Fsp3) is 0.526. The van der Waals surface area contributed by atoms with E-state index in [4.69, 9.17) is 11.6 Å². The monoisotopic (exact) mass is 360 g/mol. The van der Waals surface area contributed by atoms with Gasteiger partial charge in [-0.05, 0) is 51.0 Å². The lowest BCUT2D eigenvalue weighted by Crippen LogP contribution is -2.47. The second-order valence-electron chi connectivity index (χ2n) is 7.39. The molecule has 1 atom stereocenters. The molecule has 0 bridgehead atoms. The number of likely N-dealkylation sites (tertiary alicyclic amines) is 1. The van der Waals surface area contributed by atoms with Gasteiger partial charge < -0.3 is 15.3 Å². The molecule has 0 aliphatic carbocycles. The average Bonchev–Trinajstić information content (AvgIpc) is 3.26. The maximum absolute atomic E-state index is 10.5. The van der Waals surface area contributed by atoms with Gasteiger partial charge in [0.25, 0.3) is 0 Å². The van der Waals surface area contributed by atoms with Crippen molar-refractivity contribution in [2.45, 2.75) is 30.8 Å². The number of hydrogen-bond acceptors (Lipinski definition) is 4. The third-order valence-electron chi connectivity index (χ3n) is 5.51. The molecule has 0 saturated carbocycles. The summed E-state index contributed by atoms with van der Waals surface area (Å²) in [6.45, 7) is 4.46. The molecule has 2 fully saturated rings. The number of H-pyrrole nitrogens is 1. The number of aromatic nitrogens is 2. The molecule has 0 radical (unpaired) electrons. The fourth-order valence-corrected chi connectivity index (χ4v) is 4.27. The summed E-state index contributed by atoms with van der Waals surface area (Å²) < 4.78 is 0. The van der Waals surface area contributed by atoms with E-state index in [2.05, 4.69) is 26.5 Å². The van der Waals surface area contributed by atoms with Crippen LogP contribution in [-0.4, -0.2) is 58.5 Å². The molecule has 0 amide bonds. The standard InChI is InChI=1S/C19H25ClN4O/c20-16-4-2-1-3-15(16)18-11-17(22-23-18)14-5-9-24(10-6-14)13-19(25)7-8-21-12-19/h1-4,11,14,21,25H,5-10,12-13H2,(H,22,23). The lowest BCUT2D eigenvalue weighted by atomic mass is 9.92. The average molecular weight is 361 g/mol. The highest BCUT2D eigenvalue weighted by atomic mass is 35.5. The smallest absolute Gasteiger partial charge is 0.0938 e. The Bertz CT molecular complexity index is 718. The first-order chi connectivity index (χ1) is 12.1. The lowest BCUT2D eigenvalue weighted by Gasteiger charge is -2.36. The topological polar surface area (TPSA) is 64.2 Å². The minimum absolute atomic E-state index is 0.497. The van der Waals surface area contributed by atoms with E-state index in [1.54, 1.807) is 0 Å². The summed E-state index contributed by atoms with van der Waals surface area (Å²) in [5.41, 5.74) is 2.53. The fourth-order valence-electron chi connectivity index (χ4n) is 4.04. The number of nitrogens with zero attached hydrogens (tertiary/aromatic N) is 2. The van der Waals surface area contributed by atoms with Crippen molar-refractivity contribution in [1.82, 2.24) is 20.4 Å². The van der Waals surface area contributed by atoms with Crippen LogP contribution in [0.2, 0.25) is 5.02 Å². The number of rotatable bonds is 4. The highest BCUT2D eigenvalue weighted by Gasteiger charge is 2.34. The third kappa shape index (κ3) is 3.75. The first-order valence-corrected chi connectivity index (χ1v) is 9.46. The first-order valence-electron chi connectivity index (χ1n) is 9.09. The van der Waals surface area contributed by atoms with Crippen LogP contribution in [-0.2, 0) is 0 Å². The number of benzene rings is 1. The van der Waals surface area contributed by atoms with Gasteiger partial charge in [0, 0.05) is 30.3 Å². The number of hydrogen-bond donors (Lipinski definition) is 3. The third-order valence-corrected chi connectivity index (χ3v) is 5.84. The number of β-amino-alcohol motifs (C(OH)–C–C–N with tert-alkyl or cyclic N) is 1. The Balaban J connectivity index is 1.38. The predicted molar refractivity (Wildman–Crippen MR) is 99.9 cm³/mol. The van der Waals surface area contributed by atoms with Crippen LogP contribution in [0.5, 0.6) is 0 Å². The van der Waals surface area contributed by atoms with Crippen molar-refractivity contribution >= 4 is 11.6 Å². The van der Waals surface area contributed by atoms with Crippen molar-refractivity contribution in [2.24, 2.45) is 0 Å². The summed E-state index contributed by atoms with van der Waals surface area (Å²) in [6, 6.07) is 9.95. The zero-order chi connectivity index (χ0) is 17.3. The molecule has 2 saturated heterocycles. The highest BCUT2D eigenvalue weighted by molar-refractivity contribution is 6.33. The molecule has 4 rings (SSSR count). The molecule has 2 aliphatic rings. The highest BCUT2D eigenvalue weighted by Crippen LogP contribution is 2.32. The Morgan fingerprint density at radius 3 is 2.80 bits per heavy atom. The van der Waals surface area contributed by atoms with Gasteiger partial charge in [-0.3, -0.25) is 5.10 Å².